The van der Waals surface area contributed by atoms with Gasteiger partial charge < -0.3 is 10.6 Å². The number of nitrogens with two attached hydrogens (primary N) is 1. The van der Waals surface area contributed by atoms with Gasteiger partial charge in [0.1, 0.15) is 18.4 Å². The van der Waals surface area contributed by atoms with Crippen LogP contribution in [0.1, 0.15) is 26.9 Å². The Morgan fingerprint density at radius 1 is 1.35 bits per heavy atom. The summed E-state index contributed by atoms with van der Waals surface area (Å²) in [6, 6.07) is 13.7. The smallest absolute Gasteiger partial charge is 0.250 e. The number of hydrogen-bond donors (Lipinski definition) is 1. The van der Waals surface area contributed by atoms with E-state index in [9.17, 15) is 10.1 Å². The minimum Gasteiger partial charge on any atom is -0.366 e. The molecule has 2 aliphatic heterocycles. The van der Waals surface area contributed by atoms with Crippen molar-refractivity contribution >= 4 is 41.0 Å². The molecule has 158 valence electrons. The summed E-state index contributed by atoms with van der Waals surface area (Å²) in [5, 5.41) is 11.9. The first kappa shape index (κ1) is 21.6. The molecule has 1 aromatic heterocycles. The first-order valence-electron chi connectivity index (χ1n) is 9.32. The van der Waals surface area contributed by atoms with E-state index >= 15 is 0 Å². The van der Waals surface area contributed by atoms with Gasteiger partial charge in [-0.15, -0.1) is 23.5 Å². The van der Waals surface area contributed by atoms with Gasteiger partial charge in [-0.1, -0.05) is 41.9 Å². The van der Waals surface area contributed by atoms with Gasteiger partial charge in [0, 0.05) is 24.3 Å². The van der Waals surface area contributed by atoms with Gasteiger partial charge in [0.25, 0.3) is 0 Å². The third-order valence-electron chi connectivity index (χ3n) is 4.61. The predicted molar refractivity (Wildman–Crippen MR) is 122 cm³/mol. The van der Waals surface area contributed by atoms with Gasteiger partial charge in [-0.05, 0) is 11.6 Å². The minimum absolute atomic E-state index is 0.0187. The number of hydroxylamine groups is 2. The number of allylic oxidation sites excluding steroid dienone is 1. The Morgan fingerprint density at radius 2 is 2.16 bits per heavy atom. The monoisotopic (exact) mass is 471 g/mol. The average Bonchev–Trinajstić information content (AvgIpc) is 3.44. The van der Waals surface area contributed by atoms with Crippen LogP contribution in [0.3, 0.4) is 0 Å². The van der Waals surface area contributed by atoms with E-state index in [2.05, 4.69) is 11.1 Å². The lowest BCUT2D eigenvalue weighted by Gasteiger charge is -2.21. The van der Waals surface area contributed by atoms with E-state index in [1.54, 1.807) is 28.6 Å². The zero-order chi connectivity index (χ0) is 21.8. The Hall–Kier alpha value is -2.64. The quantitative estimate of drug-likeness (QED) is 0.625. The number of hydrogen-bond acceptors (Lipinski definition) is 8. The first-order chi connectivity index (χ1) is 15.0. The lowest BCUT2D eigenvalue weighted by Crippen LogP contribution is -2.25. The SMILES string of the molecule is N#C/C(=C1/SCC(c2ncc(C(N)=O)cc2Cl)S1)N1C=CN(OCc2ccccc2)C1. The van der Waals surface area contributed by atoms with Crippen molar-refractivity contribution < 1.29 is 9.63 Å². The van der Waals surface area contributed by atoms with Crippen LogP contribution in [0.2, 0.25) is 5.02 Å². The second kappa shape index (κ2) is 9.66. The Kier molecular flexibility index (Phi) is 6.73. The van der Waals surface area contributed by atoms with E-state index in [1.807, 2.05) is 47.6 Å². The van der Waals surface area contributed by atoms with Gasteiger partial charge in [0.15, 0.2) is 0 Å². The number of carbonyl (C=O) groups excluding carboxylic acids is 1. The van der Waals surface area contributed by atoms with Crippen LogP contribution in [0.4, 0.5) is 0 Å². The summed E-state index contributed by atoms with van der Waals surface area (Å²) in [5.74, 6) is 0.154. The maximum Gasteiger partial charge on any atom is 0.250 e. The van der Waals surface area contributed by atoms with Crippen molar-refractivity contribution in [3.63, 3.8) is 0 Å². The molecule has 1 aromatic carbocycles. The molecule has 1 fully saturated rings. The summed E-state index contributed by atoms with van der Waals surface area (Å²) in [7, 11) is 0. The Bertz CT molecular complexity index is 1090. The van der Waals surface area contributed by atoms with Crippen molar-refractivity contribution in [1.29, 1.82) is 5.26 Å². The van der Waals surface area contributed by atoms with Crippen LogP contribution in [-0.4, -0.2) is 33.3 Å². The average molecular weight is 472 g/mol. The lowest BCUT2D eigenvalue weighted by molar-refractivity contribution is -0.137. The molecule has 1 atom stereocenters. The van der Waals surface area contributed by atoms with Crippen molar-refractivity contribution in [3.05, 3.63) is 86.8 Å². The van der Waals surface area contributed by atoms with Crippen molar-refractivity contribution in [2.45, 2.75) is 11.9 Å². The molecule has 3 heterocycles. The van der Waals surface area contributed by atoms with Crippen LogP contribution in [-0.2, 0) is 11.4 Å². The van der Waals surface area contributed by atoms with Gasteiger partial charge in [0.05, 0.1) is 32.4 Å². The summed E-state index contributed by atoms with van der Waals surface area (Å²) in [5.41, 5.74) is 7.87. The number of rotatable bonds is 6. The number of halogens is 1. The molecule has 0 saturated carbocycles. The summed E-state index contributed by atoms with van der Waals surface area (Å²) in [6.45, 7) is 0.881. The largest absolute Gasteiger partial charge is 0.366 e. The van der Waals surface area contributed by atoms with Crippen LogP contribution in [0.15, 0.2) is 64.9 Å². The van der Waals surface area contributed by atoms with E-state index in [0.29, 0.717) is 29.7 Å². The fraction of sp³-hybridized carbons (Fsp3) is 0.190. The summed E-state index contributed by atoms with van der Waals surface area (Å²) in [6.07, 6.45) is 5.08. The molecule has 1 saturated heterocycles. The molecule has 1 amide bonds. The molecule has 2 aromatic rings. The highest BCUT2D eigenvalue weighted by molar-refractivity contribution is 8.25. The van der Waals surface area contributed by atoms with Crippen LogP contribution >= 0.6 is 35.1 Å². The highest BCUT2D eigenvalue weighted by Gasteiger charge is 2.31. The van der Waals surface area contributed by atoms with E-state index in [-0.39, 0.29) is 10.8 Å². The van der Waals surface area contributed by atoms with Crippen molar-refractivity contribution in [2.75, 3.05) is 12.4 Å². The fourth-order valence-corrected chi connectivity index (χ4v) is 6.27. The lowest BCUT2D eigenvalue weighted by atomic mass is 10.2. The summed E-state index contributed by atoms with van der Waals surface area (Å²) in [4.78, 5) is 23.3. The zero-order valence-electron chi connectivity index (χ0n) is 16.3. The Morgan fingerprint density at radius 3 is 2.87 bits per heavy atom. The van der Waals surface area contributed by atoms with Crippen LogP contribution in [0, 0.1) is 11.3 Å². The number of carbonyl (C=O) groups is 1. The molecule has 1 unspecified atom stereocenters. The van der Waals surface area contributed by atoms with Crippen molar-refractivity contribution in [2.24, 2.45) is 5.73 Å². The fourth-order valence-electron chi connectivity index (χ4n) is 3.01. The number of nitrogens with zero attached hydrogens (tertiary/aromatic N) is 4. The van der Waals surface area contributed by atoms with Gasteiger partial charge in [-0.3, -0.25) is 14.6 Å². The summed E-state index contributed by atoms with van der Waals surface area (Å²) >= 11 is 9.46. The number of nitriles is 1. The van der Waals surface area contributed by atoms with E-state index in [0.717, 1.165) is 15.6 Å². The molecule has 2 aliphatic rings. The molecule has 0 spiro atoms. The number of thioether (sulfide) groups is 2. The number of pyridine rings is 1. The number of amides is 1. The van der Waals surface area contributed by atoms with Gasteiger partial charge in [0.2, 0.25) is 5.91 Å². The Labute approximate surface area is 193 Å². The molecular formula is C21H18ClN5O2S2. The second-order valence-corrected chi connectivity index (χ2v) is 9.62. The van der Waals surface area contributed by atoms with Crippen LogP contribution in [0.25, 0.3) is 0 Å². The molecular weight excluding hydrogens is 454 g/mol. The summed E-state index contributed by atoms with van der Waals surface area (Å²) < 4.78 is 0.902. The van der Waals surface area contributed by atoms with Crippen LogP contribution in [0.5, 0.6) is 0 Å². The highest BCUT2D eigenvalue weighted by atomic mass is 35.5. The van der Waals surface area contributed by atoms with E-state index < -0.39 is 5.91 Å². The molecule has 0 aliphatic carbocycles. The third kappa shape index (κ3) is 4.99. The normalized spacial score (nSPS) is 19.5. The van der Waals surface area contributed by atoms with E-state index in [4.69, 9.17) is 22.2 Å². The minimum atomic E-state index is -0.568. The van der Waals surface area contributed by atoms with Crippen LogP contribution < -0.4 is 5.73 Å². The number of primary amides is 1. The van der Waals surface area contributed by atoms with Gasteiger partial charge >= 0.3 is 0 Å². The zero-order valence-corrected chi connectivity index (χ0v) is 18.7. The molecule has 4 rings (SSSR count). The van der Waals surface area contributed by atoms with Gasteiger partial charge in [-0.25, -0.2) is 5.06 Å². The van der Waals surface area contributed by atoms with E-state index in [1.165, 1.54) is 12.3 Å². The molecule has 10 heteroatoms. The molecule has 31 heavy (non-hydrogen) atoms. The van der Waals surface area contributed by atoms with Gasteiger partial charge in [-0.2, -0.15) is 5.26 Å². The topological polar surface area (TPSA) is 95.5 Å². The molecule has 0 bridgehead atoms. The van der Waals surface area contributed by atoms with Crippen molar-refractivity contribution in [3.8, 4) is 6.07 Å². The van der Waals surface area contributed by atoms with Crippen molar-refractivity contribution in [1.82, 2.24) is 14.9 Å². The number of benzene rings is 1. The molecule has 7 nitrogen and oxygen atoms in total. The molecule has 2 N–H and O–H groups in total. The first-order valence-corrected chi connectivity index (χ1v) is 11.6. The standard InChI is InChI=1S/C21H18ClN5O2S2/c22-16-8-15(20(24)28)10-25-19(16)18-12-30-21(31-18)17(9-23)26-6-7-27(13-26)29-11-14-4-2-1-3-5-14/h1-8,10,18H,11-13H2,(H2,24,28)/b21-17+. The Balaban J connectivity index is 1.41. The predicted octanol–water partition coefficient (Wildman–Crippen LogP) is 4.23. The molecule has 0 radical (unpaired) electrons. The maximum atomic E-state index is 11.3. The number of aromatic nitrogens is 1. The highest BCUT2D eigenvalue weighted by Crippen LogP contribution is 2.52. The maximum absolute atomic E-state index is 11.3. The third-order valence-corrected chi connectivity index (χ3v) is 7.80. The second-order valence-electron chi connectivity index (χ2n) is 6.71.